The summed E-state index contributed by atoms with van der Waals surface area (Å²) in [7, 11) is 0. The molecule has 2 heteroatoms. The third kappa shape index (κ3) is 3.52. The minimum atomic E-state index is -0.835. The minimum Gasteiger partial charge on any atom is -0.292 e. The maximum atomic E-state index is 12.3. The van der Waals surface area contributed by atoms with E-state index in [0.29, 0.717) is 6.42 Å². The van der Waals surface area contributed by atoms with E-state index in [1.807, 2.05) is 30.3 Å². The number of allylic oxidation sites excluding steroid dienone is 1. The van der Waals surface area contributed by atoms with Crippen LogP contribution < -0.4 is 0 Å². The molecule has 0 aliphatic rings. The second-order valence-electron chi connectivity index (χ2n) is 3.17. The van der Waals surface area contributed by atoms with Gasteiger partial charge < -0.3 is 0 Å². The number of Topliss-reactive ketones (excluding diaryl/α,β-unsaturated/α-hetero) is 1. The van der Waals surface area contributed by atoms with Gasteiger partial charge in [0.05, 0.1) is 0 Å². The predicted octanol–water partition coefficient (Wildman–Crippen LogP) is 3.06. The molecule has 0 saturated carbocycles. The molecule has 1 aromatic rings. The molecule has 0 unspecified atom stereocenters. The average molecular weight is 192 g/mol. The third-order valence-corrected chi connectivity index (χ3v) is 2.01. The van der Waals surface area contributed by atoms with E-state index in [1.54, 1.807) is 0 Å². The molecule has 1 rings (SSSR count). The second-order valence-corrected chi connectivity index (χ2v) is 3.17. The van der Waals surface area contributed by atoms with E-state index >= 15 is 0 Å². The van der Waals surface area contributed by atoms with E-state index in [1.165, 1.54) is 5.56 Å². The van der Waals surface area contributed by atoms with Gasteiger partial charge in [-0.3, -0.25) is 4.79 Å². The van der Waals surface area contributed by atoms with Crippen LogP contribution in [-0.2, 0) is 11.2 Å². The Bertz CT molecular complexity index is 316. The molecule has 0 atom stereocenters. The Labute approximate surface area is 83.3 Å². The first kappa shape index (κ1) is 10.6. The van der Waals surface area contributed by atoms with Gasteiger partial charge in [-0.25, -0.2) is 4.39 Å². The Morgan fingerprint density at radius 1 is 1.29 bits per heavy atom. The molecule has 0 spiro atoms. The maximum Gasteiger partial charge on any atom is 0.190 e. The number of halogens is 1. The van der Waals surface area contributed by atoms with Crippen LogP contribution in [-0.4, -0.2) is 5.78 Å². The molecule has 0 radical (unpaired) electrons. The zero-order chi connectivity index (χ0) is 10.4. The van der Waals surface area contributed by atoms with Crippen LogP contribution in [0.15, 0.2) is 42.7 Å². The molecule has 1 aromatic carbocycles. The van der Waals surface area contributed by atoms with Crippen molar-refractivity contribution in [1.82, 2.24) is 0 Å². The quantitative estimate of drug-likeness (QED) is 0.655. The monoisotopic (exact) mass is 192 g/mol. The molecule has 14 heavy (non-hydrogen) atoms. The Morgan fingerprint density at radius 2 is 1.93 bits per heavy atom. The van der Waals surface area contributed by atoms with Crippen molar-refractivity contribution in [2.24, 2.45) is 0 Å². The van der Waals surface area contributed by atoms with Crippen molar-refractivity contribution in [1.29, 1.82) is 0 Å². The van der Waals surface area contributed by atoms with E-state index < -0.39 is 11.6 Å². The number of rotatable bonds is 5. The van der Waals surface area contributed by atoms with Crippen molar-refractivity contribution < 1.29 is 9.18 Å². The summed E-state index contributed by atoms with van der Waals surface area (Å²) in [5.41, 5.74) is 1.17. The minimum absolute atomic E-state index is 0.240. The summed E-state index contributed by atoms with van der Waals surface area (Å²) >= 11 is 0. The van der Waals surface area contributed by atoms with Gasteiger partial charge >= 0.3 is 0 Å². The van der Waals surface area contributed by atoms with Gasteiger partial charge in [0.15, 0.2) is 11.6 Å². The molecule has 0 N–H and O–H groups in total. The number of benzene rings is 1. The van der Waals surface area contributed by atoms with E-state index in [0.717, 1.165) is 6.42 Å². The van der Waals surface area contributed by atoms with Crippen LogP contribution in [0.1, 0.15) is 18.4 Å². The number of hydrogen-bond donors (Lipinski definition) is 0. The number of aryl methyl sites for hydroxylation is 1. The van der Waals surface area contributed by atoms with E-state index in [2.05, 4.69) is 6.58 Å². The van der Waals surface area contributed by atoms with Crippen LogP contribution in [0.3, 0.4) is 0 Å². The first-order valence-corrected chi connectivity index (χ1v) is 4.61. The average Bonchev–Trinajstić information content (AvgIpc) is 2.19. The largest absolute Gasteiger partial charge is 0.292 e. The molecular weight excluding hydrogens is 179 g/mol. The van der Waals surface area contributed by atoms with Gasteiger partial charge in [-0.05, 0) is 18.4 Å². The zero-order valence-electron chi connectivity index (χ0n) is 8.00. The zero-order valence-corrected chi connectivity index (χ0v) is 8.00. The molecule has 1 nitrogen and oxygen atoms in total. The smallest absolute Gasteiger partial charge is 0.190 e. The molecule has 0 amide bonds. The lowest BCUT2D eigenvalue weighted by molar-refractivity contribution is -0.116. The summed E-state index contributed by atoms with van der Waals surface area (Å²) in [5, 5.41) is 0. The summed E-state index contributed by atoms with van der Waals surface area (Å²) in [6.45, 7) is 2.96. The second kappa shape index (κ2) is 5.32. The fraction of sp³-hybridized carbons (Fsp3) is 0.250. The Kier molecular flexibility index (Phi) is 4.05. The fourth-order valence-corrected chi connectivity index (χ4v) is 1.23. The fourth-order valence-electron chi connectivity index (χ4n) is 1.23. The maximum absolute atomic E-state index is 12.3. The molecule has 0 aliphatic heterocycles. The summed E-state index contributed by atoms with van der Waals surface area (Å²) in [6.07, 6.45) is 1.72. The SMILES string of the molecule is C=C(F)C(=O)CCCc1ccccc1. The van der Waals surface area contributed by atoms with Crippen LogP contribution in [0.25, 0.3) is 0 Å². The van der Waals surface area contributed by atoms with Crippen LogP contribution >= 0.6 is 0 Å². The molecule has 0 fully saturated rings. The number of ketones is 1. The van der Waals surface area contributed by atoms with Crippen molar-refractivity contribution in [3.8, 4) is 0 Å². The predicted molar refractivity (Wildman–Crippen MR) is 54.6 cm³/mol. The number of carbonyl (C=O) groups excluding carboxylic acids is 1. The lowest BCUT2D eigenvalue weighted by Gasteiger charge is -1.99. The van der Waals surface area contributed by atoms with Crippen molar-refractivity contribution >= 4 is 5.78 Å². The topological polar surface area (TPSA) is 17.1 Å². The highest BCUT2D eigenvalue weighted by atomic mass is 19.1. The molecule has 0 aromatic heterocycles. The van der Waals surface area contributed by atoms with Crippen molar-refractivity contribution in [3.63, 3.8) is 0 Å². The van der Waals surface area contributed by atoms with Crippen molar-refractivity contribution in [3.05, 3.63) is 48.3 Å². The lowest BCUT2D eigenvalue weighted by Crippen LogP contribution is -1.98. The van der Waals surface area contributed by atoms with Gasteiger partial charge in [-0.2, -0.15) is 0 Å². The molecule has 0 aliphatic carbocycles. The lowest BCUT2D eigenvalue weighted by atomic mass is 10.1. The van der Waals surface area contributed by atoms with E-state index in [4.69, 9.17) is 0 Å². The molecule has 0 bridgehead atoms. The normalized spacial score (nSPS) is 9.79. The van der Waals surface area contributed by atoms with Crippen LogP contribution in [0.2, 0.25) is 0 Å². The highest BCUT2D eigenvalue weighted by molar-refractivity contribution is 5.92. The Hall–Kier alpha value is -1.44. The van der Waals surface area contributed by atoms with Gasteiger partial charge in [0.25, 0.3) is 0 Å². The molecule has 0 heterocycles. The summed E-state index contributed by atoms with van der Waals surface area (Å²) < 4.78 is 12.3. The number of carbonyl (C=O) groups is 1. The van der Waals surface area contributed by atoms with Crippen LogP contribution in [0, 0.1) is 0 Å². The Morgan fingerprint density at radius 3 is 2.50 bits per heavy atom. The molecule has 74 valence electrons. The van der Waals surface area contributed by atoms with Crippen molar-refractivity contribution in [2.45, 2.75) is 19.3 Å². The summed E-state index contributed by atoms with van der Waals surface area (Å²) in [4.78, 5) is 10.9. The summed E-state index contributed by atoms with van der Waals surface area (Å²) in [5.74, 6) is -1.32. The van der Waals surface area contributed by atoms with E-state index in [9.17, 15) is 9.18 Å². The number of hydrogen-bond acceptors (Lipinski definition) is 1. The van der Waals surface area contributed by atoms with Gasteiger partial charge in [0.1, 0.15) is 0 Å². The summed E-state index contributed by atoms with van der Waals surface area (Å²) in [6, 6.07) is 9.83. The molecule has 0 saturated heterocycles. The highest BCUT2D eigenvalue weighted by Crippen LogP contribution is 2.07. The van der Waals surface area contributed by atoms with Crippen molar-refractivity contribution in [2.75, 3.05) is 0 Å². The van der Waals surface area contributed by atoms with Crippen LogP contribution in [0.5, 0.6) is 0 Å². The van der Waals surface area contributed by atoms with Gasteiger partial charge in [-0.15, -0.1) is 0 Å². The van der Waals surface area contributed by atoms with Crippen LogP contribution in [0.4, 0.5) is 4.39 Å². The third-order valence-electron chi connectivity index (χ3n) is 2.01. The van der Waals surface area contributed by atoms with Gasteiger partial charge in [0, 0.05) is 6.42 Å². The Balaban J connectivity index is 2.29. The van der Waals surface area contributed by atoms with Gasteiger partial charge in [0.2, 0.25) is 0 Å². The first-order chi connectivity index (χ1) is 6.70. The highest BCUT2D eigenvalue weighted by Gasteiger charge is 2.04. The first-order valence-electron chi connectivity index (χ1n) is 4.61. The molecular formula is C12H13FO. The van der Waals surface area contributed by atoms with E-state index in [-0.39, 0.29) is 6.42 Å². The standard InChI is InChI=1S/C12H13FO/c1-10(13)12(14)9-5-8-11-6-3-2-4-7-11/h2-4,6-7H,1,5,8-9H2. The van der Waals surface area contributed by atoms with Gasteiger partial charge in [-0.1, -0.05) is 36.9 Å².